The van der Waals surface area contributed by atoms with E-state index in [4.69, 9.17) is 11.6 Å². The van der Waals surface area contributed by atoms with Crippen LogP contribution in [0.4, 0.5) is 4.39 Å². The van der Waals surface area contributed by atoms with Gasteiger partial charge in [-0.05, 0) is 36.1 Å². The zero-order valence-corrected chi connectivity index (χ0v) is 11.0. The summed E-state index contributed by atoms with van der Waals surface area (Å²) in [5, 5.41) is 0.183. The van der Waals surface area contributed by atoms with E-state index in [0.717, 1.165) is 30.4 Å². The van der Waals surface area contributed by atoms with Crippen molar-refractivity contribution >= 4 is 11.6 Å². The van der Waals surface area contributed by atoms with Crippen LogP contribution in [-0.4, -0.2) is 4.98 Å². The summed E-state index contributed by atoms with van der Waals surface area (Å²) in [4.78, 5) is 3.67. The van der Waals surface area contributed by atoms with Crippen molar-refractivity contribution in [2.24, 2.45) is 0 Å². The molecule has 1 heterocycles. The molecule has 1 aromatic heterocycles. The highest BCUT2D eigenvalue weighted by atomic mass is 35.5. The fourth-order valence-corrected chi connectivity index (χ4v) is 2.12. The molecule has 1 nitrogen and oxygen atoms in total. The van der Waals surface area contributed by atoms with Crippen molar-refractivity contribution in [2.75, 3.05) is 0 Å². The molecule has 0 N–H and O–H groups in total. The van der Waals surface area contributed by atoms with Gasteiger partial charge in [0.25, 0.3) is 0 Å². The third-order valence-electron chi connectivity index (χ3n) is 2.92. The van der Waals surface area contributed by atoms with Gasteiger partial charge in [-0.3, -0.25) is 0 Å². The molecule has 0 atom stereocenters. The Balaban J connectivity index is 2.43. The van der Waals surface area contributed by atoms with Gasteiger partial charge in [-0.15, -0.1) is 0 Å². The molecule has 0 aliphatic heterocycles. The first-order chi connectivity index (χ1) is 8.72. The fourth-order valence-electron chi connectivity index (χ4n) is 1.98. The third-order valence-corrected chi connectivity index (χ3v) is 3.13. The lowest BCUT2D eigenvalue weighted by Gasteiger charge is -2.09. The number of pyridine rings is 1. The molecule has 0 radical (unpaired) electrons. The molecule has 0 amide bonds. The van der Waals surface area contributed by atoms with Gasteiger partial charge >= 0.3 is 0 Å². The van der Waals surface area contributed by atoms with Crippen molar-refractivity contribution in [3.05, 3.63) is 53.1 Å². The van der Waals surface area contributed by atoms with E-state index in [9.17, 15) is 4.39 Å². The first-order valence-electron chi connectivity index (χ1n) is 6.12. The lowest BCUT2D eigenvalue weighted by molar-refractivity contribution is 0.587. The van der Waals surface area contributed by atoms with Gasteiger partial charge < -0.3 is 0 Å². The zero-order valence-electron chi connectivity index (χ0n) is 10.3. The van der Waals surface area contributed by atoms with Crippen LogP contribution in [0.2, 0.25) is 5.15 Å². The summed E-state index contributed by atoms with van der Waals surface area (Å²) in [6, 6.07) is 11.2. The first kappa shape index (κ1) is 13.0. The van der Waals surface area contributed by atoms with E-state index in [1.54, 1.807) is 12.1 Å². The van der Waals surface area contributed by atoms with Gasteiger partial charge in [0.2, 0.25) is 5.95 Å². The Morgan fingerprint density at radius 2 is 1.89 bits per heavy atom. The summed E-state index contributed by atoms with van der Waals surface area (Å²) in [6.07, 6.45) is 3.17. The second-order valence-corrected chi connectivity index (χ2v) is 4.62. The fraction of sp³-hybridized carbons (Fsp3) is 0.267. The van der Waals surface area contributed by atoms with E-state index in [2.05, 4.69) is 11.9 Å². The van der Waals surface area contributed by atoms with Crippen LogP contribution >= 0.6 is 11.6 Å². The zero-order chi connectivity index (χ0) is 13.0. The molecule has 0 spiro atoms. The highest BCUT2D eigenvalue weighted by molar-refractivity contribution is 6.29. The van der Waals surface area contributed by atoms with Crippen LogP contribution in [0.15, 0.2) is 36.4 Å². The maximum Gasteiger partial charge on any atom is 0.222 e. The second-order valence-electron chi connectivity index (χ2n) is 4.23. The lowest BCUT2D eigenvalue weighted by atomic mass is 9.97. The van der Waals surface area contributed by atoms with E-state index in [0.29, 0.717) is 5.56 Å². The standard InChI is InChI=1S/C15H15ClFN/c1-2-3-6-11-7-4-5-8-12(11)13-9-10-14(16)18-15(13)17/h4-5,7-10H,2-3,6H2,1H3. The molecule has 0 unspecified atom stereocenters. The topological polar surface area (TPSA) is 12.9 Å². The number of halogens is 2. The smallest absolute Gasteiger partial charge is 0.207 e. The lowest BCUT2D eigenvalue weighted by Crippen LogP contribution is -1.94. The molecular formula is C15H15ClFN. The van der Waals surface area contributed by atoms with Gasteiger partial charge in [-0.1, -0.05) is 49.2 Å². The summed E-state index contributed by atoms with van der Waals surface area (Å²) in [6.45, 7) is 2.15. The summed E-state index contributed by atoms with van der Waals surface area (Å²) in [5.41, 5.74) is 2.58. The maximum absolute atomic E-state index is 13.8. The summed E-state index contributed by atoms with van der Waals surface area (Å²) in [5.74, 6) is -0.508. The number of benzene rings is 1. The minimum atomic E-state index is -0.508. The number of hydrogen-bond donors (Lipinski definition) is 0. The Morgan fingerprint density at radius 1 is 1.11 bits per heavy atom. The quantitative estimate of drug-likeness (QED) is 0.716. The van der Waals surface area contributed by atoms with Gasteiger partial charge in [0, 0.05) is 5.56 Å². The molecule has 1 aromatic carbocycles. The van der Waals surface area contributed by atoms with Crippen molar-refractivity contribution in [3.8, 4) is 11.1 Å². The summed E-state index contributed by atoms with van der Waals surface area (Å²) < 4.78 is 13.8. The average Bonchev–Trinajstić information content (AvgIpc) is 2.37. The van der Waals surface area contributed by atoms with E-state index >= 15 is 0 Å². The van der Waals surface area contributed by atoms with Crippen LogP contribution in [0.5, 0.6) is 0 Å². The van der Waals surface area contributed by atoms with E-state index in [1.165, 1.54) is 0 Å². The maximum atomic E-state index is 13.8. The molecule has 2 aromatic rings. The SMILES string of the molecule is CCCCc1ccccc1-c1ccc(Cl)nc1F. The van der Waals surface area contributed by atoms with Crippen LogP contribution in [0, 0.1) is 5.95 Å². The number of unbranched alkanes of at least 4 members (excludes halogenated alkanes) is 1. The molecule has 0 bridgehead atoms. The molecule has 94 valence electrons. The van der Waals surface area contributed by atoms with Crippen LogP contribution in [0.1, 0.15) is 25.3 Å². The number of hydrogen-bond acceptors (Lipinski definition) is 1. The first-order valence-corrected chi connectivity index (χ1v) is 6.50. The second kappa shape index (κ2) is 5.96. The molecule has 0 saturated heterocycles. The molecule has 0 aliphatic rings. The predicted molar refractivity (Wildman–Crippen MR) is 73.3 cm³/mol. The van der Waals surface area contributed by atoms with Crippen molar-refractivity contribution in [1.82, 2.24) is 4.98 Å². The Labute approximate surface area is 112 Å². The number of aromatic nitrogens is 1. The predicted octanol–water partition coefficient (Wildman–Crippen LogP) is 4.88. The molecule has 2 rings (SSSR count). The summed E-state index contributed by atoms with van der Waals surface area (Å²) >= 11 is 5.68. The van der Waals surface area contributed by atoms with Crippen molar-refractivity contribution in [1.29, 1.82) is 0 Å². The molecule has 3 heteroatoms. The van der Waals surface area contributed by atoms with Gasteiger partial charge in [0.05, 0.1) is 0 Å². The molecule has 0 aliphatic carbocycles. The average molecular weight is 264 g/mol. The molecule has 18 heavy (non-hydrogen) atoms. The van der Waals surface area contributed by atoms with Crippen molar-refractivity contribution in [3.63, 3.8) is 0 Å². The Bertz CT molecular complexity index is 540. The number of nitrogens with zero attached hydrogens (tertiary/aromatic N) is 1. The van der Waals surface area contributed by atoms with E-state index in [1.807, 2.05) is 24.3 Å². The monoisotopic (exact) mass is 263 g/mol. The van der Waals surface area contributed by atoms with Crippen molar-refractivity contribution < 1.29 is 4.39 Å². The van der Waals surface area contributed by atoms with Gasteiger partial charge in [0.15, 0.2) is 0 Å². The van der Waals surface area contributed by atoms with Crippen LogP contribution in [0.3, 0.4) is 0 Å². The highest BCUT2D eigenvalue weighted by Crippen LogP contribution is 2.27. The van der Waals surface area contributed by atoms with Crippen molar-refractivity contribution in [2.45, 2.75) is 26.2 Å². The van der Waals surface area contributed by atoms with E-state index in [-0.39, 0.29) is 5.15 Å². The van der Waals surface area contributed by atoms with Crippen LogP contribution < -0.4 is 0 Å². The molecular weight excluding hydrogens is 249 g/mol. The Hall–Kier alpha value is -1.41. The van der Waals surface area contributed by atoms with Crippen LogP contribution in [-0.2, 0) is 6.42 Å². The van der Waals surface area contributed by atoms with Crippen LogP contribution in [0.25, 0.3) is 11.1 Å². The third kappa shape index (κ3) is 2.88. The normalized spacial score (nSPS) is 10.6. The Kier molecular flexibility index (Phi) is 4.32. The summed E-state index contributed by atoms with van der Waals surface area (Å²) in [7, 11) is 0. The Morgan fingerprint density at radius 3 is 2.61 bits per heavy atom. The number of rotatable bonds is 4. The van der Waals surface area contributed by atoms with E-state index < -0.39 is 5.95 Å². The minimum Gasteiger partial charge on any atom is -0.207 e. The van der Waals surface area contributed by atoms with Gasteiger partial charge in [0.1, 0.15) is 5.15 Å². The van der Waals surface area contributed by atoms with Gasteiger partial charge in [-0.25, -0.2) is 4.98 Å². The molecule has 0 saturated carbocycles. The molecule has 0 fully saturated rings. The number of aryl methyl sites for hydroxylation is 1. The minimum absolute atomic E-state index is 0.183. The largest absolute Gasteiger partial charge is 0.222 e. The highest BCUT2D eigenvalue weighted by Gasteiger charge is 2.10. The van der Waals surface area contributed by atoms with Gasteiger partial charge in [-0.2, -0.15) is 4.39 Å².